The van der Waals surface area contributed by atoms with Gasteiger partial charge in [0.05, 0.1) is 27.9 Å². The van der Waals surface area contributed by atoms with Crippen LogP contribution >= 0.6 is 46.9 Å². The number of hydrogen-bond donors (Lipinski definition) is 2. The molecule has 2 aromatic carbocycles. The Labute approximate surface area is 198 Å². The van der Waals surface area contributed by atoms with E-state index >= 15 is 0 Å². The molecule has 0 atom stereocenters. The number of hydrogen-bond acceptors (Lipinski definition) is 7. The molecular weight excluding hydrogens is 475 g/mol. The molecule has 0 bridgehead atoms. The van der Waals surface area contributed by atoms with Crippen molar-refractivity contribution in [3.05, 3.63) is 69.8 Å². The maximum absolute atomic E-state index is 12.4. The zero-order chi connectivity index (χ0) is 22.4. The van der Waals surface area contributed by atoms with Gasteiger partial charge in [-0.25, -0.2) is 4.98 Å². The monoisotopic (exact) mass is 490 g/mol. The summed E-state index contributed by atoms with van der Waals surface area (Å²) in [7, 11) is 0. The van der Waals surface area contributed by atoms with Crippen LogP contribution in [0.4, 0.5) is 5.69 Å². The Morgan fingerprint density at radius 2 is 2.00 bits per heavy atom. The molecule has 0 saturated heterocycles. The van der Waals surface area contributed by atoms with E-state index < -0.39 is 0 Å². The Kier molecular flexibility index (Phi) is 8.07. The zero-order valence-electron chi connectivity index (χ0n) is 16.2. The number of halogens is 2. The second-order valence-electron chi connectivity index (χ2n) is 6.22. The molecule has 1 aromatic heterocycles. The van der Waals surface area contributed by atoms with E-state index in [-0.39, 0.29) is 12.5 Å². The number of amides is 1. The van der Waals surface area contributed by atoms with E-state index in [4.69, 9.17) is 38.3 Å². The Morgan fingerprint density at radius 1 is 1.19 bits per heavy atom. The van der Waals surface area contributed by atoms with Gasteiger partial charge in [0, 0.05) is 14.9 Å². The summed E-state index contributed by atoms with van der Waals surface area (Å²) < 4.78 is 5.74. The second-order valence-corrected chi connectivity index (χ2v) is 8.86. The first-order chi connectivity index (χ1) is 14.9. The summed E-state index contributed by atoms with van der Waals surface area (Å²) >= 11 is 14.6. The maximum atomic E-state index is 12.4. The number of nitrogens with zero attached hydrogens (tertiary/aromatic N) is 2. The number of aromatic nitrogens is 1. The van der Waals surface area contributed by atoms with E-state index in [1.165, 1.54) is 11.8 Å². The molecule has 0 aliphatic carbocycles. The Hall–Kier alpha value is -2.41. The van der Waals surface area contributed by atoms with Gasteiger partial charge in [-0.3, -0.25) is 9.93 Å². The number of nitrogens with two attached hydrogens (primary N) is 1. The van der Waals surface area contributed by atoms with Gasteiger partial charge in [-0.15, -0.1) is 0 Å². The number of nitriles is 1. The van der Waals surface area contributed by atoms with Crippen LogP contribution < -0.4 is 15.2 Å². The van der Waals surface area contributed by atoms with Crippen LogP contribution in [0.2, 0.25) is 10.0 Å². The number of benzene rings is 2. The van der Waals surface area contributed by atoms with E-state index in [2.05, 4.69) is 16.4 Å². The summed E-state index contributed by atoms with van der Waals surface area (Å²) in [5.74, 6) is 0.145. The van der Waals surface area contributed by atoms with Gasteiger partial charge >= 0.3 is 0 Å². The Bertz CT molecular complexity index is 1170. The van der Waals surface area contributed by atoms with Crippen molar-refractivity contribution in [3.8, 4) is 11.8 Å². The van der Waals surface area contributed by atoms with Crippen LogP contribution in [0.3, 0.4) is 0 Å². The van der Waals surface area contributed by atoms with Gasteiger partial charge in [0.25, 0.3) is 5.91 Å². The minimum atomic E-state index is -0.335. The van der Waals surface area contributed by atoms with Crippen LogP contribution in [0.5, 0.6) is 5.75 Å². The number of ether oxygens (including phenoxy) is 1. The lowest BCUT2D eigenvalue weighted by molar-refractivity contribution is -0.118. The predicted octanol–water partition coefficient (Wildman–Crippen LogP) is 5.70. The van der Waals surface area contributed by atoms with Crippen LogP contribution in [0.15, 0.2) is 63.3 Å². The summed E-state index contributed by atoms with van der Waals surface area (Å²) in [5, 5.41) is 19.0. The van der Waals surface area contributed by atoms with Crippen LogP contribution in [-0.2, 0) is 4.79 Å². The van der Waals surface area contributed by atoms with Crippen molar-refractivity contribution in [3.63, 3.8) is 0 Å². The Morgan fingerprint density at radius 3 is 2.71 bits per heavy atom. The largest absolute Gasteiger partial charge is 0.483 e. The fourth-order valence-corrected chi connectivity index (χ4v) is 4.47. The normalized spacial score (nSPS) is 10.4. The number of carbonyl (C=O) groups is 1. The van der Waals surface area contributed by atoms with E-state index in [0.717, 1.165) is 16.8 Å². The molecule has 3 rings (SSSR count). The average molecular weight is 491 g/mol. The first-order valence-corrected chi connectivity index (χ1v) is 11.3. The number of pyridine rings is 1. The standard InChI is InChI=1S/C21H16Cl2N4O2S2/c1-12-17(3-5-21(26-12)31-25)27-20(28)11-29-18-4-2-14(22)9-19(18)30-16-7-13(10-24)6-15(23)8-16/h2-9H,11,25H2,1H3,(H,27,28). The number of rotatable bonds is 7. The topological polar surface area (TPSA) is 101 Å². The number of aryl methyl sites for hydroxylation is 1. The fraction of sp³-hybridized carbons (Fsp3) is 0.0952. The third-order valence-electron chi connectivity index (χ3n) is 3.95. The van der Waals surface area contributed by atoms with Crippen LogP contribution in [0.25, 0.3) is 0 Å². The molecule has 0 radical (unpaired) electrons. The van der Waals surface area contributed by atoms with Gasteiger partial charge in [-0.05, 0) is 67.4 Å². The molecule has 6 nitrogen and oxygen atoms in total. The van der Waals surface area contributed by atoms with Gasteiger partial charge in [0.2, 0.25) is 0 Å². The summed E-state index contributed by atoms with van der Waals surface area (Å²) in [6.07, 6.45) is 0. The van der Waals surface area contributed by atoms with Crippen LogP contribution in [0, 0.1) is 18.3 Å². The van der Waals surface area contributed by atoms with E-state index in [9.17, 15) is 4.79 Å². The quantitative estimate of drug-likeness (QED) is 0.409. The van der Waals surface area contributed by atoms with Crippen molar-refractivity contribution in [1.82, 2.24) is 4.98 Å². The van der Waals surface area contributed by atoms with Gasteiger partial charge in [-0.2, -0.15) is 5.26 Å². The number of anilines is 1. The molecule has 158 valence electrons. The van der Waals surface area contributed by atoms with Gasteiger partial charge < -0.3 is 10.1 Å². The third kappa shape index (κ3) is 6.53. The van der Waals surface area contributed by atoms with Crippen molar-refractivity contribution < 1.29 is 9.53 Å². The van der Waals surface area contributed by atoms with Gasteiger partial charge in [0.1, 0.15) is 10.8 Å². The molecule has 1 heterocycles. The second kappa shape index (κ2) is 10.8. The predicted molar refractivity (Wildman–Crippen MR) is 125 cm³/mol. The van der Waals surface area contributed by atoms with E-state index in [1.807, 2.05) is 0 Å². The van der Waals surface area contributed by atoms with Gasteiger partial charge in [-0.1, -0.05) is 35.0 Å². The molecular formula is C21H16Cl2N4O2S2. The zero-order valence-corrected chi connectivity index (χ0v) is 19.3. The Balaban J connectivity index is 1.72. The van der Waals surface area contributed by atoms with Crippen molar-refractivity contribution >= 4 is 58.5 Å². The summed E-state index contributed by atoms with van der Waals surface area (Å²) in [4.78, 5) is 18.1. The molecule has 0 aliphatic heterocycles. The lowest BCUT2D eigenvalue weighted by Crippen LogP contribution is -2.21. The summed E-state index contributed by atoms with van der Waals surface area (Å²) in [6, 6.07) is 15.7. The van der Waals surface area contributed by atoms with E-state index in [1.54, 1.807) is 55.5 Å². The highest BCUT2D eigenvalue weighted by atomic mass is 35.5. The van der Waals surface area contributed by atoms with E-state index in [0.29, 0.717) is 42.7 Å². The average Bonchev–Trinajstić information content (AvgIpc) is 2.74. The van der Waals surface area contributed by atoms with Crippen molar-refractivity contribution in [1.29, 1.82) is 5.26 Å². The highest BCUT2D eigenvalue weighted by Gasteiger charge is 2.12. The number of carbonyl (C=O) groups excluding carboxylic acids is 1. The third-order valence-corrected chi connectivity index (χ3v) is 5.88. The minimum absolute atomic E-state index is 0.207. The van der Waals surface area contributed by atoms with Crippen molar-refractivity contribution in [2.24, 2.45) is 5.14 Å². The van der Waals surface area contributed by atoms with Gasteiger partial charge in [0.15, 0.2) is 6.61 Å². The summed E-state index contributed by atoms with van der Waals surface area (Å²) in [5.41, 5.74) is 1.68. The van der Waals surface area contributed by atoms with Crippen molar-refractivity contribution in [2.75, 3.05) is 11.9 Å². The molecule has 10 heteroatoms. The van der Waals surface area contributed by atoms with Crippen molar-refractivity contribution in [2.45, 2.75) is 21.7 Å². The fourth-order valence-electron chi connectivity index (χ4n) is 2.56. The molecule has 0 unspecified atom stereocenters. The SMILES string of the molecule is Cc1nc(SN)ccc1NC(=O)COc1ccc(Cl)cc1Sc1cc(Cl)cc(C#N)c1. The van der Waals surface area contributed by atoms with Crippen LogP contribution in [-0.4, -0.2) is 17.5 Å². The number of nitrogens with one attached hydrogen (secondary N) is 1. The molecule has 0 spiro atoms. The van der Waals surface area contributed by atoms with Crippen LogP contribution in [0.1, 0.15) is 11.3 Å². The first-order valence-electron chi connectivity index (χ1n) is 8.83. The molecule has 1 amide bonds. The maximum Gasteiger partial charge on any atom is 0.262 e. The molecule has 0 saturated carbocycles. The highest BCUT2D eigenvalue weighted by molar-refractivity contribution is 7.99. The first kappa shape index (κ1) is 23.3. The molecule has 0 fully saturated rings. The molecule has 3 aromatic rings. The molecule has 3 N–H and O–H groups in total. The minimum Gasteiger partial charge on any atom is -0.483 e. The lowest BCUT2D eigenvalue weighted by Gasteiger charge is -2.13. The lowest BCUT2D eigenvalue weighted by atomic mass is 10.2. The molecule has 0 aliphatic rings. The molecule has 31 heavy (non-hydrogen) atoms. The smallest absolute Gasteiger partial charge is 0.262 e. The summed E-state index contributed by atoms with van der Waals surface area (Å²) in [6.45, 7) is 1.58. The highest BCUT2D eigenvalue weighted by Crippen LogP contribution is 2.38.